The number of carbonyl (C=O) groups excluding carboxylic acids is 1. The van der Waals surface area contributed by atoms with Crippen LogP contribution in [0.15, 0.2) is 36.7 Å². The minimum atomic E-state index is -0.975. The lowest BCUT2D eigenvalue weighted by Gasteiger charge is -2.17. The van der Waals surface area contributed by atoms with E-state index in [-0.39, 0.29) is 17.2 Å². The number of aromatic carboxylic acids is 1. The number of amides is 1. The van der Waals surface area contributed by atoms with E-state index >= 15 is 0 Å². The highest BCUT2D eigenvalue weighted by Crippen LogP contribution is 2.10. The molecule has 0 fully saturated rings. The predicted octanol–water partition coefficient (Wildman–Crippen LogP) is 1.51. The topological polar surface area (TPSA) is 86.6 Å². The minimum Gasteiger partial charge on any atom is -0.478 e. The summed E-state index contributed by atoms with van der Waals surface area (Å²) < 4.78 is 0. The molecule has 7 heteroatoms. The molecule has 7 nitrogen and oxygen atoms in total. The zero-order chi connectivity index (χ0) is 17.0. The summed E-state index contributed by atoms with van der Waals surface area (Å²) in [5, 5.41) is 8.87. The van der Waals surface area contributed by atoms with Crippen LogP contribution in [0.2, 0.25) is 0 Å². The summed E-state index contributed by atoms with van der Waals surface area (Å²) in [6.07, 6.45) is 2.99. The van der Waals surface area contributed by atoms with Gasteiger partial charge in [0.05, 0.1) is 18.0 Å². The summed E-state index contributed by atoms with van der Waals surface area (Å²) in [7, 11) is 5.35. The first kappa shape index (κ1) is 16.4. The van der Waals surface area contributed by atoms with Crippen molar-refractivity contribution in [3.8, 4) is 0 Å². The number of rotatable bonds is 5. The van der Waals surface area contributed by atoms with Crippen LogP contribution in [0.1, 0.15) is 26.4 Å². The van der Waals surface area contributed by atoms with E-state index in [0.29, 0.717) is 12.4 Å². The largest absolute Gasteiger partial charge is 0.478 e. The van der Waals surface area contributed by atoms with Gasteiger partial charge < -0.3 is 14.9 Å². The highest BCUT2D eigenvalue weighted by Gasteiger charge is 2.14. The van der Waals surface area contributed by atoms with Crippen molar-refractivity contribution >= 4 is 17.7 Å². The third-order valence-electron chi connectivity index (χ3n) is 3.28. The molecule has 1 aromatic heterocycles. The van der Waals surface area contributed by atoms with Gasteiger partial charge in [-0.1, -0.05) is 12.1 Å². The second-order valence-corrected chi connectivity index (χ2v) is 5.32. The maximum atomic E-state index is 12.3. The van der Waals surface area contributed by atoms with Gasteiger partial charge in [-0.25, -0.2) is 14.8 Å². The molecule has 0 atom stereocenters. The monoisotopic (exact) mass is 314 g/mol. The minimum absolute atomic E-state index is 0.216. The molecule has 2 rings (SSSR count). The number of benzene rings is 1. The van der Waals surface area contributed by atoms with Crippen LogP contribution in [0.3, 0.4) is 0 Å². The zero-order valence-electron chi connectivity index (χ0n) is 13.2. The Balaban J connectivity index is 2.05. The maximum absolute atomic E-state index is 12.3. The summed E-state index contributed by atoms with van der Waals surface area (Å²) in [5.74, 6) is -0.546. The average Bonchev–Trinajstić information content (AvgIpc) is 2.54. The van der Waals surface area contributed by atoms with Crippen molar-refractivity contribution in [1.29, 1.82) is 0 Å². The van der Waals surface area contributed by atoms with Gasteiger partial charge in [-0.3, -0.25) is 4.79 Å². The van der Waals surface area contributed by atoms with E-state index in [1.807, 2.05) is 14.1 Å². The number of carboxylic acid groups (broad SMARTS) is 1. The lowest BCUT2D eigenvalue weighted by Crippen LogP contribution is -2.27. The molecule has 2 aromatic rings. The van der Waals surface area contributed by atoms with E-state index in [1.54, 1.807) is 30.3 Å². The summed E-state index contributed by atoms with van der Waals surface area (Å²) in [4.78, 5) is 34.7. The molecular weight excluding hydrogens is 296 g/mol. The summed E-state index contributed by atoms with van der Waals surface area (Å²) >= 11 is 0. The van der Waals surface area contributed by atoms with Gasteiger partial charge in [-0.05, 0) is 17.7 Å². The first-order valence-electron chi connectivity index (χ1n) is 6.95. The summed E-state index contributed by atoms with van der Waals surface area (Å²) in [6.45, 7) is 0.357. The highest BCUT2D eigenvalue weighted by atomic mass is 16.4. The Morgan fingerprint density at radius 2 is 1.70 bits per heavy atom. The second kappa shape index (κ2) is 6.87. The fraction of sp³-hybridized carbons (Fsp3) is 0.250. The number of hydrogen-bond donors (Lipinski definition) is 1. The van der Waals surface area contributed by atoms with E-state index in [0.717, 1.165) is 5.56 Å². The molecule has 0 saturated carbocycles. The number of carbonyl (C=O) groups is 2. The van der Waals surface area contributed by atoms with Crippen molar-refractivity contribution < 1.29 is 14.7 Å². The van der Waals surface area contributed by atoms with Crippen molar-refractivity contribution in [3.05, 3.63) is 53.5 Å². The van der Waals surface area contributed by atoms with Crippen LogP contribution in [-0.2, 0) is 6.54 Å². The molecule has 0 aliphatic heterocycles. The molecule has 0 unspecified atom stereocenters. The normalized spacial score (nSPS) is 10.2. The van der Waals surface area contributed by atoms with E-state index in [2.05, 4.69) is 9.97 Å². The molecule has 0 aliphatic rings. The van der Waals surface area contributed by atoms with Gasteiger partial charge in [0.15, 0.2) is 0 Å². The summed E-state index contributed by atoms with van der Waals surface area (Å²) in [6, 6.07) is 6.41. The van der Waals surface area contributed by atoms with Crippen molar-refractivity contribution in [2.45, 2.75) is 6.54 Å². The lowest BCUT2D eigenvalue weighted by molar-refractivity contribution is 0.0695. The molecule has 0 bridgehead atoms. The molecule has 0 saturated heterocycles. The first-order chi connectivity index (χ1) is 10.9. The molecule has 1 amide bonds. The van der Waals surface area contributed by atoms with Crippen LogP contribution in [0.5, 0.6) is 0 Å². The van der Waals surface area contributed by atoms with E-state index in [9.17, 15) is 9.59 Å². The molecule has 0 radical (unpaired) electrons. The zero-order valence-corrected chi connectivity index (χ0v) is 13.2. The van der Waals surface area contributed by atoms with E-state index in [1.165, 1.54) is 23.2 Å². The number of carboxylic acids is 1. The lowest BCUT2D eigenvalue weighted by atomic mass is 10.1. The van der Waals surface area contributed by atoms with Gasteiger partial charge in [0.1, 0.15) is 11.5 Å². The van der Waals surface area contributed by atoms with Gasteiger partial charge in [-0.2, -0.15) is 0 Å². The molecule has 0 aliphatic carbocycles. The standard InChI is InChI=1S/C16H18N4O3/c1-19(2)14-9-17-13(8-18-14)15(21)20(3)10-11-4-6-12(7-5-11)16(22)23/h4-9H,10H2,1-3H3,(H,22,23). The number of anilines is 1. The average molecular weight is 314 g/mol. The fourth-order valence-corrected chi connectivity index (χ4v) is 1.96. The molecule has 1 aromatic carbocycles. The SMILES string of the molecule is CN(Cc1ccc(C(=O)O)cc1)C(=O)c1cnc(N(C)C)cn1. The first-order valence-corrected chi connectivity index (χ1v) is 6.95. The Morgan fingerprint density at radius 3 is 2.17 bits per heavy atom. The number of nitrogens with zero attached hydrogens (tertiary/aromatic N) is 4. The molecule has 120 valence electrons. The van der Waals surface area contributed by atoms with Crippen LogP contribution >= 0.6 is 0 Å². The number of hydrogen-bond acceptors (Lipinski definition) is 5. The Bertz CT molecular complexity index is 696. The van der Waals surface area contributed by atoms with Crippen molar-refractivity contribution in [1.82, 2.24) is 14.9 Å². The predicted molar refractivity (Wildman–Crippen MR) is 85.6 cm³/mol. The van der Waals surface area contributed by atoms with Gasteiger partial charge in [-0.15, -0.1) is 0 Å². The second-order valence-electron chi connectivity index (χ2n) is 5.32. The van der Waals surface area contributed by atoms with Crippen molar-refractivity contribution in [2.75, 3.05) is 26.0 Å². The van der Waals surface area contributed by atoms with Gasteiger partial charge in [0.2, 0.25) is 0 Å². The van der Waals surface area contributed by atoms with Crippen LogP contribution in [-0.4, -0.2) is 53.0 Å². The van der Waals surface area contributed by atoms with Gasteiger partial charge >= 0.3 is 5.97 Å². The van der Waals surface area contributed by atoms with Crippen LogP contribution in [0.4, 0.5) is 5.82 Å². The Hall–Kier alpha value is -2.96. The van der Waals surface area contributed by atoms with Crippen molar-refractivity contribution in [3.63, 3.8) is 0 Å². The fourth-order valence-electron chi connectivity index (χ4n) is 1.96. The Morgan fingerprint density at radius 1 is 1.04 bits per heavy atom. The van der Waals surface area contributed by atoms with Gasteiger partial charge in [0.25, 0.3) is 5.91 Å². The van der Waals surface area contributed by atoms with Crippen LogP contribution in [0.25, 0.3) is 0 Å². The van der Waals surface area contributed by atoms with Gasteiger partial charge in [0, 0.05) is 27.7 Å². The third kappa shape index (κ3) is 4.03. The van der Waals surface area contributed by atoms with Crippen LogP contribution < -0.4 is 4.90 Å². The Labute approximate surface area is 134 Å². The van der Waals surface area contributed by atoms with Crippen molar-refractivity contribution in [2.24, 2.45) is 0 Å². The summed E-state index contributed by atoms with van der Waals surface area (Å²) in [5.41, 5.74) is 1.32. The Kier molecular flexibility index (Phi) is 4.90. The molecule has 1 N–H and O–H groups in total. The highest BCUT2D eigenvalue weighted by molar-refractivity contribution is 5.92. The maximum Gasteiger partial charge on any atom is 0.335 e. The van der Waals surface area contributed by atoms with E-state index < -0.39 is 5.97 Å². The number of aromatic nitrogens is 2. The third-order valence-corrected chi connectivity index (χ3v) is 3.28. The smallest absolute Gasteiger partial charge is 0.335 e. The molecular formula is C16H18N4O3. The van der Waals surface area contributed by atoms with E-state index in [4.69, 9.17) is 5.11 Å². The quantitative estimate of drug-likeness (QED) is 0.900. The van der Waals surface area contributed by atoms with Crippen LogP contribution in [0, 0.1) is 0 Å². The molecule has 23 heavy (non-hydrogen) atoms. The molecule has 0 spiro atoms. The molecule has 1 heterocycles.